The minimum atomic E-state index is -0.917. The van der Waals surface area contributed by atoms with E-state index >= 15 is 0 Å². The maximum atomic E-state index is 11.4. The number of aryl methyl sites for hydroxylation is 2. The summed E-state index contributed by atoms with van der Waals surface area (Å²) in [6, 6.07) is 11.9. The van der Waals surface area contributed by atoms with E-state index in [9.17, 15) is 9.90 Å². The Labute approximate surface area is 123 Å². The Morgan fingerprint density at radius 2 is 2.05 bits per heavy atom. The number of pyridine rings is 1. The van der Waals surface area contributed by atoms with Crippen LogP contribution in [0.5, 0.6) is 0 Å². The maximum absolute atomic E-state index is 11.4. The molecule has 0 fully saturated rings. The average molecular weight is 282 g/mol. The number of benzene rings is 1. The lowest BCUT2D eigenvalue weighted by atomic mass is 10.1. The van der Waals surface area contributed by atoms with E-state index in [0.29, 0.717) is 12.4 Å². The Kier molecular flexibility index (Phi) is 3.86. The van der Waals surface area contributed by atoms with Gasteiger partial charge in [0.1, 0.15) is 11.4 Å². The second-order valence-corrected chi connectivity index (χ2v) is 5.31. The van der Waals surface area contributed by atoms with Crippen LogP contribution in [0.1, 0.15) is 33.6 Å². The summed E-state index contributed by atoms with van der Waals surface area (Å²) in [6.07, 6.45) is 3.79. The first-order valence-corrected chi connectivity index (χ1v) is 7.28. The molecule has 108 valence electrons. The number of aromatic carboxylic acids is 1. The second-order valence-electron chi connectivity index (χ2n) is 5.31. The highest BCUT2D eigenvalue weighted by Crippen LogP contribution is 2.25. The number of hydrogen-bond acceptors (Lipinski definition) is 3. The zero-order chi connectivity index (χ0) is 14.7. The van der Waals surface area contributed by atoms with Gasteiger partial charge in [-0.2, -0.15) is 0 Å². The molecular weight excluding hydrogens is 264 g/mol. The first-order valence-electron chi connectivity index (χ1n) is 7.28. The third-order valence-corrected chi connectivity index (χ3v) is 3.83. The molecule has 0 bridgehead atoms. The van der Waals surface area contributed by atoms with Gasteiger partial charge in [0.05, 0.1) is 0 Å². The lowest BCUT2D eigenvalue weighted by Crippen LogP contribution is -2.12. The predicted octanol–water partition coefficient (Wildman–Crippen LogP) is 2.92. The summed E-state index contributed by atoms with van der Waals surface area (Å²) in [5.74, 6) is -0.418. The first-order chi connectivity index (χ1) is 10.2. The molecule has 0 spiro atoms. The summed E-state index contributed by atoms with van der Waals surface area (Å²) < 4.78 is 0. The van der Waals surface area contributed by atoms with Crippen molar-refractivity contribution in [3.8, 4) is 0 Å². The number of hydrogen-bond donors (Lipinski definition) is 2. The molecule has 2 aromatic rings. The Balaban J connectivity index is 1.74. The zero-order valence-corrected chi connectivity index (χ0v) is 11.8. The first kappa shape index (κ1) is 13.6. The van der Waals surface area contributed by atoms with Gasteiger partial charge in [-0.3, -0.25) is 0 Å². The van der Waals surface area contributed by atoms with Crippen LogP contribution in [0.2, 0.25) is 0 Å². The maximum Gasteiger partial charge on any atom is 0.339 e. The van der Waals surface area contributed by atoms with Gasteiger partial charge in [-0.15, -0.1) is 0 Å². The van der Waals surface area contributed by atoms with E-state index in [1.165, 1.54) is 5.56 Å². The van der Waals surface area contributed by atoms with Crippen molar-refractivity contribution < 1.29 is 9.90 Å². The lowest BCUT2D eigenvalue weighted by molar-refractivity contribution is 0.0697. The van der Waals surface area contributed by atoms with Crippen molar-refractivity contribution in [2.75, 3.05) is 11.9 Å². The summed E-state index contributed by atoms with van der Waals surface area (Å²) >= 11 is 0. The van der Waals surface area contributed by atoms with Crippen molar-refractivity contribution in [2.45, 2.75) is 25.7 Å². The van der Waals surface area contributed by atoms with Crippen molar-refractivity contribution in [1.29, 1.82) is 0 Å². The molecule has 21 heavy (non-hydrogen) atoms. The van der Waals surface area contributed by atoms with Gasteiger partial charge in [-0.25, -0.2) is 9.78 Å². The van der Waals surface area contributed by atoms with Crippen LogP contribution in [-0.2, 0) is 19.3 Å². The summed E-state index contributed by atoms with van der Waals surface area (Å²) in [5, 5.41) is 12.5. The number of carbonyl (C=O) groups is 1. The van der Waals surface area contributed by atoms with E-state index in [1.54, 1.807) is 6.07 Å². The molecule has 0 aliphatic heterocycles. The topological polar surface area (TPSA) is 62.2 Å². The van der Waals surface area contributed by atoms with E-state index in [1.807, 2.05) is 18.2 Å². The van der Waals surface area contributed by atoms with Crippen LogP contribution in [-0.4, -0.2) is 22.6 Å². The number of carboxylic acid groups (broad SMARTS) is 1. The fraction of sp³-hybridized carbons (Fsp3) is 0.294. The van der Waals surface area contributed by atoms with E-state index in [0.717, 1.165) is 36.9 Å². The van der Waals surface area contributed by atoms with Crippen LogP contribution in [0.15, 0.2) is 36.4 Å². The van der Waals surface area contributed by atoms with Crippen molar-refractivity contribution >= 4 is 11.8 Å². The quantitative estimate of drug-likeness (QED) is 0.885. The molecule has 0 unspecified atom stereocenters. The normalized spacial score (nSPS) is 13.0. The zero-order valence-electron chi connectivity index (χ0n) is 11.8. The number of aromatic nitrogens is 1. The molecule has 1 aliphatic carbocycles. The smallest absolute Gasteiger partial charge is 0.339 e. The molecule has 4 heteroatoms. The number of fused-ring (bicyclic) bond motifs is 1. The highest BCUT2D eigenvalue weighted by molar-refractivity contribution is 5.93. The molecule has 0 radical (unpaired) electrons. The number of carboxylic acids is 1. The number of anilines is 1. The van der Waals surface area contributed by atoms with Gasteiger partial charge in [0.25, 0.3) is 0 Å². The standard InChI is InChI=1S/C17H18N2O2/c20-17(21)14-11-13-7-4-8-15(13)19-16(14)18-10-9-12-5-2-1-3-6-12/h1-3,5-6,11H,4,7-10H2,(H,18,19)(H,20,21). The summed E-state index contributed by atoms with van der Waals surface area (Å²) in [7, 11) is 0. The number of rotatable bonds is 5. The van der Waals surface area contributed by atoms with Crippen LogP contribution in [0.25, 0.3) is 0 Å². The van der Waals surface area contributed by atoms with Gasteiger partial charge in [0.2, 0.25) is 0 Å². The Morgan fingerprint density at radius 3 is 2.81 bits per heavy atom. The van der Waals surface area contributed by atoms with E-state index in [2.05, 4.69) is 22.4 Å². The van der Waals surface area contributed by atoms with Crippen molar-refractivity contribution in [2.24, 2.45) is 0 Å². The fourth-order valence-electron chi connectivity index (χ4n) is 2.74. The molecule has 1 aromatic carbocycles. The van der Waals surface area contributed by atoms with Crippen LogP contribution < -0.4 is 5.32 Å². The minimum absolute atomic E-state index is 0.281. The number of nitrogens with one attached hydrogen (secondary N) is 1. The Morgan fingerprint density at radius 1 is 1.24 bits per heavy atom. The van der Waals surface area contributed by atoms with Crippen molar-refractivity contribution in [1.82, 2.24) is 4.98 Å². The molecule has 0 saturated carbocycles. The fourth-order valence-corrected chi connectivity index (χ4v) is 2.74. The van der Waals surface area contributed by atoms with Gasteiger partial charge in [-0.1, -0.05) is 30.3 Å². The van der Waals surface area contributed by atoms with Crippen LogP contribution in [0, 0.1) is 0 Å². The molecule has 3 rings (SSSR count). The van der Waals surface area contributed by atoms with Gasteiger partial charge in [-0.05, 0) is 42.9 Å². The predicted molar refractivity (Wildman–Crippen MR) is 81.9 cm³/mol. The number of nitrogens with zero attached hydrogens (tertiary/aromatic N) is 1. The Bertz CT molecular complexity index is 653. The van der Waals surface area contributed by atoms with E-state index in [-0.39, 0.29) is 5.56 Å². The van der Waals surface area contributed by atoms with Crippen LogP contribution in [0.4, 0.5) is 5.82 Å². The Hall–Kier alpha value is -2.36. The van der Waals surface area contributed by atoms with Crippen molar-refractivity contribution in [3.05, 3.63) is 58.8 Å². The van der Waals surface area contributed by atoms with Crippen LogP contribution >= 0.6 is 0 Å². The van der Waals surface area contributed by atoms with Gasteiger partial charge < -0.3 is 10.4 Å². The third-order valence-electron chi connectivity index (χ3n) is 3.83. The molecule has 1 aromatic heterocycles. The SMILES string of the molecule is O=C(O)c1cc2c(nc1NCCc1ccccc1)CCC2. The molecule has 2 N–H and O–H groups in total. The summed E-state index contributed by atoms with van der Waals surface area (Å²) in [6.45, 7) is 0.677. The molecule has 4 nitrogen and oxygen atoms in total. The van der Waals surface area contributed by atoms with Gasteiger partial charge >= 0.3 is 5.97 Å². The molecule has 0 atom stereocenters. The molecular formula is C17H18N2O2. The minimum Gasteiger partial charge on any atom is -0.478 e. The monoisotopic (exact) mass is 282 g/mol. The lowest BCUT2D eigenvalue weighted by Gasteiger charge is -2.11. The molecule has 0 amide bonds. The van der Waals surface area contributed by atoms with E-state index < -0.39 is 5.97 Å². The summed E-state index contributed by atoms with van der Waals surface area (Å²) in [4.78, 5) is 15.9. The van der Waals surface area contributed by atoms with Crippen LogP contribution in [0.3, 0.4) is 0 Å². The largest absolute Gasteiger partial charge is 0.478 e. The average Bonchev–Trinajstić information content (AvgIpc) is 2.94. The van der Waals surface area contributed by atoms with Gasteiger partial charge in [0.15, 0.2) is 0 Å². The second kappa shape index (κ2) is 5.95. The summed E-state index contributed by atoms with van der Waals surface area (Å²) in [5.41, 5.74) is 3.63. The van der Waals surface area contributed by atoms with Gasteiger partial charge in [0, 0.05) is 12.2 Å². The van der Waals surface area contributed by atoms with E-state index in [4.69, 9.17) is 0 Å². The molecule has 1 aliphatic rings. The molecule has 1 heterocycles. The third kappa shape index (κ3) is 3.05. The highest BCUT2D eigenvalue weighted by atomic mass is 16.4. The van der Waals surface area contributed by atoms with Crippen molar-refractivity contribution in [3.63, 3.8) is 0 Å². The molecule has 0 saturated heterocycles. The highest BCUT2D eigenvalue weighted by Gasteiger charge is 2.19.